The van der Waals surface area contributed by atoms with Gasteiger partial charge in [0, 0.05) is 18.8 Å². The zero-order valence-corrected chi connectivity index (χ0v) is 12.9. The van der Waals surface area contributed by atoms with Gasteiger partial charge in [-0.2, -0.15) is 0 Å². The molecule has 0 radical (unpaired) electrons. The summed E-state index contributed by atoms with van der Waals surface area (Å²) in [5.41, 5.74) is 2.83. The quantitative estimate of drug-likeness (QED) is 0.878. The van der Waals surface area contributed by atoms with Crippen LogP contribution in [0.5, 0.6) is 0 Å². The third-order valence-electron chi connectivity index (χ3n) is 3.44. The van der Waals surface area contributed by atoms with Gasteiger partial charge in [-0.15, -0.1) is 0 Å². The van der Waals surface area contributed by atoms with Gasteiger partial charge in [0.1, 0.15) is 0 Å². The molecule has 5 heteroatoms. The van der Waals surface area contributed by atoms with Gasteiger partial charge < -0.3 is 15.4 Å². The van der Waals surface area contributed by atoms with Gasteiger partial charge in [-0.1, -0.05) is 41.4 Å². The van der Waals surface area contributed by atoms with E-state index >= 15 is 0 Å². The summed E-state index contributed by atoms with van der Waals surface area (Å²) in [5.74, 6) is 0. The molecule has 0 bridgehead atoms. The van der Waals surface area contributed by atoms with E-state index in [9.17, 15) is 0 Å². The van der Waals surface area contributed by atoms with Crippen LogP contribution in [0.3, 0.4) is 0 Å². The predicted molar refractivity (Wildman–Crippen MR) is 87.7 cm³/mol. The topological polar surface area (TPSA) is 33.3 Å². The maximum atomic E-state index is 6.16. The van der Waals surface area contributed by atoms with Crippen molar-refractivity contribution in [1.82, 2.24) is 5.32 Å². The van der Waals surface area contributed by atoms with Gasteiger partial charge >= 0.3 is 0 Å². The van der Waals surface area contributed by atoms with Crippen molar-refractivity contribution in [2.75, 3.05) is 25.0 Å². The Morgan fingerprint density at radius 2 is 1.76 bits per heavy atom. The van der Waals surface area contributed by atoms with E-state index in [2.05, 4.69) is 22.8 Å². The molecule has 1 aliphatic rings. The molecule has 110 valence electrons. The van der Waals surface area contributed by atoms with Crippen LogP contribution in [0, 0.1) is 0 Å². The fraction of sp³-hybridized carbons (Fsp3) is 0.250. The second kappa shape index (κ2) is 6.67. The molecule has 0 aliphatic carbocycles. The van der Waals surface area contributed by atoms with Crippen LogP contribution in [0.25, 0.3) is 0 Å². The molecule has 0 saturated carbocycles. The van der Waals surface area contributed by atoms with Crippen LogP contribution < -0.4 is 10.6 Å². The summed E-state index contributed by atoms with van der Waals surface area (Å²) in [7, 11) is 0. The molecule has 0 amide bonds. The summed E-state index contributed by atoms with van der Waals surface area (Å²) in [6.45, 7) is 2.52. The molecule has 3 nitrogen and oxygen atoms in total. The Balaban J connectivity index is 1.75. The fourth-order valence-electron chi connectivity index (χ4n) is 2.32. The maximum absolute atomic E-state index is 6.16. The predicted octanol–water partition coefficient (Wildman–Crippen LogP) is 4.40. The lowest BCUT2D eigenvalue weighted by atomic mass is 10.1. The van der Waals surface area contributed by atoms with Crippen LogP contribution in [0.1, 0.15) is 11.7 Å². The molecule has 1 fully saturated rings. The summed E-state index contributed by atoms with van der Waals surface area (Å²) in [4.78, 5) is 0. The van der Waals surface area contributed by atoms with Crippen molar-refractivity contribution in [2.24, 2.45) is 0 Å². The molecule has 2 N–H and O–H groups in total. The summed E-state index contributed by atoms with van der Waals surface area (Å²) >= 11 is 12.3. The second-order valence-electron chi connectivity index (χ2n) is 4.91. The minimum atomic E-state index is 0.122. The molecule has 1 aliphatic heterocycles. The second-order valence-corrected chi connectivity index (χ2v) is 5.72. The first kappa shape index (κ1) is 14.7. The van der Waals surface area contributed by atoms with Gasteiger partial charge in [-0.05, 0) is 29.8 Å². The van der Waals surface area contributed by atoms with E-state index in [1.54, 1.807) is 0 Å². The van der Waals surface area contributed by atoms with Crippen LogP contribution >= 0.6 is 23.2 Å². The molecular weight excluding hydrogens is 307 g/mol. The highest BCUT2D eigenvalue weighted by molar-refractivity contribution is 6.39. The van der Waals surface area contributed by atoms with E-state index in [0.717, 1.165) is 36.6 Å². The van der Waals surface area contributed by atoms with Gasteiger partial charge in [0.2, 0.25) is 0 Å². The molecule has 3 rings (SSSR count). The molecule has 21 heavy (non-hydrogen) atoms. The van der Waals surface area contributed by atoms with Crippen LogP contribution in [0.15, 0.2) is 42.5 Å². The number of hydrogen-bond donors (Lipinski definition) is 2. The van der Waals surface area contributed by atoms with E-state index in [1.807, 2.05) is 30.3 Å². The number of para-hydroxylation sites is 1. The normalized spacial score (nSPS) is 18.5. The van der Waals surface area contributed by atoms with Crippen molar-refractivity contribution in [2.45, 2.75) is 6.10 Å². The zero-order chi connectivity index (χ0) is 14.7. The highest BCUT2D eigenvalue weighted by atomic mass is 35.5. The van der Waals surface area contributed by atoms with Gasteiger partial charge in [0.05, 0.1) is 28.4 Å². The van der Waals surface area contributed by atoms with Crippen LogP contribution in [0.2, 0.25) is 10.0 Å². The van der Waals surface area contributed by atoms with E-state index in [0.29, 0.717) is 10.0 Å². The maximum Gasteiger partial charge on any atom is 0.0949 e. The average molecular weight is 323 g/mol. The summed E-state index contributed by atoms with van der Waals surface area (Å²) in [6, 6.07) is 13.6. The van der Waals surface area contributed by atoms with Gasteiger partial charge in [-0.3, -0.25) is 0 Å². The largest absolute Gasteiger partial charge is 0.371 e. The third-order valence-corrected chi connectivity index (χ3v) is 4.07. The first-order chi connectivity index (χ1) is 10.2. The molecule has 1 unspecified atom stereocenters. The highest BCUT2D eigenvalue weighted by Gasteiger charge is 2.15. The molecule has 1 atom stereocenters. The van der Waals surface area contributed by atoms with Crippen molar-refractivity contribution in [3.8, 4) is 0 Å². The Kier molecular flexibility index (Phi) is 4.66. The number of ether oxygens (including phenoxy) is 1. The molecule has 1 heterocycles. The molecular formula is C16H16Cl2N2O. The number of benzene rings is 2. The first-order valence-corrected chi connectivity index (χ1v) is 7.63. The lowest BCUT2D eigenvalue weighted by Crippen LogP contribution is -2.33. The molecule has 0 aromatic heterocycles. The highest BCUT2D eigenvalue weighted by Crippen LogP contribution is 2.33. The monoisotopic (exact) mass is 322 g/mol. The Bertz CT molecular complexity index is 590. The summed E-state index contributed by atoms with van der Waals surface area (Å²) in [6.07, 6.45) is 0.122. The smallest absolute Gasteiger partial charge is 0.0949 e. The number of anilines is 2. The minimum absolute atomic E-state index is 0.122. The molecule has 2 aromatic rings. The van der Waals surface area contributed by atoms with E-state index in [4.69, 9.17) is 27.9 Å². The number of rotatable bonds is 3. The molecule has 0 spiro atoms. The Morgan fingerprint density at radius 1 is 1.05 bits per heavy atom. The number of halogens is 2. The first-order valence-electron chi connectivity index (χ1n) is 6.87. The zero-order valence-electron chi connectivity index (χ0n) is 11.4. The fourth-order valence-corrected chi connectivity index (χ4v) is 2.81. The number of hydrogen-bond acceptors (Lipinski definition) is 3. The van der Waals surface area contributed by atoms with Crippen molar-refractivity contribution in [1.29, 1.82) is 0 Å². The van der Waals surface area contributed by atoms with Gasteiger partial charge in [0.15, 0.2) is 0 Å². The minimum Gasteiger partial charge on any atom is -0.371 e. The van der Waals surface area contributed by atoms with Crippen molar-refractivity contribution in [3.63, 3.8) is 0 Å². The van der Waals surface area contributed by atoms with Gasteiger partial charge in [0.25, 0.3) is 0 Å². The van der Waals surface area contributed by atoms with Crippen LogP contribution in [-0.2, 0) is 4.74 Å². The standard InChI is InChI=1S/C16H16Cl2N2O/c17-13-2-1-3-14(18)16(13)20-12-6-4-11(5-7-12)15-10-19-8-9-21-15/h1-7,15,19-20H,8-10H2. The lowest BCUT2D eigenvalue weighted by Gasteiger charge is -2.24. The lowest BCUT2D eigenvalue weighted by molar-refractivity contribution is 0.0277. The summed E-state index contributed by atoms with van der Waals surface area (Å²) in [5, 5.41) is 7.78. The Labute approximate surface area is 134 Å². The van der Waals surface area contributed by atoms with Gasteiger partial charge in [-0.25, -0.2) is 0 Å². The van der Waals surface area contributed by atoms with Crippen LogP contribution in [-0.4, -0.2) is 19.7 Å². The van der Waals surface area contributed by atoms with Crippen molar-refractivity contribution >= 4 is 34.6 Å². The Hall–Kier alpha value is -1.26. The Morgan fingerprint density at radius 3 is 2.38 bits per heavy atom. The van der Waals surface area contributed by atoms with E-state index < -0.39 is 0 Å². The summed E-state index contributed by atoms with van der Waals surface area (Å²) < 4.78 is 5.74. The molecule has 1 saturated heterocycles. The third kappa shape index (κ3) is 3.50. The van der Waals surface area contributed by atoms with E-state index in [1.165, 1.54) is 0 Å². The van der Waals surface area contributed by atoms with E-state index in [-0.39, 0.29) is 6.10 Å². The molecule has 2 aromatic carbocycles. The van der Waals surface area contributed by atoms with Crippen LogP contribution in [0.4, 0.5) is 11.4 Å². The van der Waals surface area contributed by atoms with Crippen molar-refractivity contribution in [3.05, 3.63) is 58.1 Å². The SMILES string of the molecule is Clc1cccc(Cl)c1Nc1ccc(C2CNCCO2)cc1. The number of morpholine rings is 1. The average Bonchev–Trinajstić information content (AvgIpc) is 2.53. The van der Waals surface area contributed by atoms with Crippen molar-refractivity contribution < 1.29 is 4.74 Å². The number of nitrogens with one attached hydrogen (secondary N) is 2.